The van der Waals surface area contributed by atoms with Crippen molar-refractivity contribution in [2.75, 3.05) is 19.6 Å². The lowest BCUT2D eigenvalue weighted by molar-refractivity contribution is -0.125. The molecule has 1 aliphatic rings. The molecule has 0 aliphatic heterocycles. The van der Waals surface area contributed by atoms with E-state index in [0.29, 0.717) is 5.92 Å². The van der Waals surface area contributed by atoms with Crippen molar-refractivity contribution in [3.05, 3.63) is 35.9 Å². The van der Waals surface area contributed by atoms with E-state index in [2.05, 4.69) is 47.9 Å². The van der Waals surface area contributed by atoms with Crippen LogP contribution in [0.2, 0.25) is 0 Å². The van der Waals surface area contributed by atoms with Crippen LogP contribution in [0.15, 0.2) is 30.3 Å². The molecule has 0 spiro atoms. The van der Waals surface area contributed by atoms with Crippen LogP contribution < -0.4 is 10.6 Å². The molecule has 1 aromatic carbocycles. The average molecular weight is 311 g/mol. The lowest BCUT2D eigenvalue weighted by atomic mass is 9.78. The maximum Gasteiger partial charge on any atom is 0.223 e. The number of amides is 1. The summed E-state index contributed by atoms with van der Waals surface area (Å²) in [5, 5.41) is 6.26. The van der Waals surface area contributed by atoms with Crippen molar-refractivity contribution in [1.29, 1.82) is 0 Å². The molecule has 0 saturated heterocycles. The Bertz CT molecular complexity index is 403. The molecule has 4 heteroatoms. The summed E-state index contributed by atoms with van der Waals surface area (Å²) in [6.07, 6.45) is 4.31. The molecular formula is C17H27ClN2O. The van der Waals surface area contributed by atoms with E-state index in [1.54, 1.807) is 0 Å². The first-order valence-electron chi connectivity index (χ1n) is 7.84. The summed E-state index contributed by atoms with van der Waals surface area (Å²) in [4.78, 5) is 12.1. The first kappa shape index (κ1) is 18.0. The molecule has 0 heterocycles. The van der Waals surface area contributed by atoms with E-state index in [0.717, 1.165) is 45.3 Å². The number of hydrogen-bond donors (Lipinski definition) is 2. The van der Waals surface area contributed by atoms with E-state index >= 15 is 0 Å². The molecule has 0 aromatic heterocycles. The topological polar surface area (TPSA) is 41.1 Å². The molecule has 0 atom stereocenters. The van der Waals surface area contributed by atoms with Gasteiger partial charge in [-0.3, -0.25) is 4.79 Å². The molecule has 21 heavy (non-hydrogen) atoms. The summed E-state index contributed by atoms with van der Waals surface area (Å²) in [5.74, 6) is 1.10. The Morgan fingerprint density at radius 1 is 1.10 bits per heavy atom. The number of halogens is 1. The zero-order valence-electron chi connectivity index (χ0n) is 12.8. The molecule has 3 nitrogen and oxygen atoms in total. The molecular weight excluding hydrogens is 284 g/mol. The summed E-state index contributed by atoms with van der Waals surface area (Å²) in [5.41, 5.74) is 1.43. The fourth-order valence-corrected chi connectivity index (χ4v) is 3.01. The predicted molar refractivity (Wildman–Crippen MR) is 89.9 cm³/mol. The second-order valence-corrected chi connectivity index (χ2v) is 5.60. The van der Waals surface area contributed by atoms with Crippen molar-refractivity contribution in [3.8, 4) is 0 Å². The van der Waals surface area contributed by atoms with Gasteiger partial charge in [0.1, 0.15) is 0 Å². The van der Waals surface area contributed by atoms with Gasteiger partial charge in [0.05, 0.1) is 0 Å². The highest BCUT2D eigenvalue weighted by Crippen LogP contribution is 2.35. The molecule has 1 fully saturated rings. The van der Waals surface area contributed by atoms with Crippen LogP contribution in [-0.4, -0.2) is 25.5 Å². The van der Waals surface area contributed by atoms with Crippen LogP contribution in [0.3, 0.4) is 0 Å². The van der Waals surface area contributed by atoms with Gasteiger partial charge in [-0.15, -0.1) is 12.4 Å². The number of nitrogens with one attached hydrogen (secondary N) is 2. The molecule has 2 rings (SSSR count). The van der Waals surface area contributed by atoms with E-state index in [1.165, 1.54) is 5.56 Å². The van der Waals surface area contributed by atoms with E-state index in [4.69, 9.17) is 0 Å². The van der Waals surface area contributed by atoms with Crippen molar-refractivity contribution in [3.63, 3.8) is 0 Å². The Balaban J connectivity index is 0.00000220. The SMILES string of the molecule is CCNCCNC(=O)C1CCC(c2ccccc2)CC1.Cl. The molecule has 118 valence electrons. The van der Waals surface area contributed by atoms with Gasteiger partial charge in [0.25, 0.3) is 0 Å². The van der Waals surface area contributed by atoms with Gasteiger partial charge >= 0.3 is 0 Å². The normalized spacial score (nSPS) is 21.4. The zero-order valence-corrected chi connectivity index (χ0v) is 13.6. The summed E-state index contributed by atoms with van der Waals surface area (Å²) in [6.45, 7) is 4.64. The summed E-state index contributed by atoms with van der Waals surface area (Å²) >= 11 is 0. The van der Waals surface area contributed by atoms with Crippen molar-refractivity contribution in [2.24, 2.45) is 5.92 Å². The fraction of sp³-hybridized carbons (Fsp3) is 0.588. The Labute approximate surface area is 134 Å². The molecule has 0 radical (unpaired) electrons. The maximum absolute atomic E-state index is 12.1. The molecule has 0 bridgehead atoms. The zero-order chi connectivity index (χ0) is 14.2. The van der Waals surface area contributed by atoms with Gasteiger partial charge in [-0.25, -0.2) is 0 Å². The van der Waals surface area contributed by atoms with E-state index in [1.807, 2.05) is 0 Å². The Morgan fingerprint density at radius 3 is 2.38 bits per heavy atom. The molecule has 1 saturated carbocycles. The fourth-order valence-electron chi connectivity index (χ4n) is 3.01. The Hall–Kier alpha value is -1.06. The minimum Gasteiger partial charge on any atom is -0.355 e. The first-order valence-corrected chi connectivity index (χ1v) is 7.84. The number of hydrogen-bond acceptors (Lipinski definition) is 2. The van der Waals surface area contributed by atoms with Crippen LogP contribution >= 0.6 is 12.4 Å². The van der Waals surface area contributed by atoms with Gasteiger partial charge < -0.3 is 10.6 Å². The van der Waals surface area contributed by atoms with Gasteiger partial charge in [-0.1, -0.05) is 37.3 Å². The van der Waals surface area contributed by atoms with Gasteiger partial charge in [0.15, 0.2) is 0 Å². The average Bonchev–Trinajstić information content (AvgIpc) is 2.52. The summed E-state index contributed by atoms with van der Waals surface area (Å²) in [6, 6.07) is 10.7. The van der Waals surface area contributed by atoms with E-state index < -0.39 is 0 Å². The second-order valence-electron chi connectivity index (χ2n) is 5.60. The minimum absolute atomic E-state index is 0. The lowest BCUT2D eigenvalue weighted by Gasteiger charge is -2.28. The number of likely N-dealkylation sites (N-methyl/N-ethyl adjacent to an activating group) is 1. The lowest BCUT2D eigenvalue weighted by Crippen LogP contribution is -2.37. The quantitative estimate of drug-likeness (QED) is 0.793. The van der Waals surface area contributed by atoms with Gasteiger partial charge in [0, 0.05) is 19.0 Å². The molecule has 1 amide bonds. The van der Waals surface area contributed by atoms with Crippen LogP contribution in [0.5, 0.6) is 0 Å². The van der Waals surface area contributed by atoms with Crippen LogP contribution in [0, 0.1) is 5.92 Å². The standard InChI is InChI=1S/C17H26N2O.ClH/c1-2-18-12-13-19-17(20)16-10-8-15(9-11-16)14-6-4-3-5-7-14;/h3-7,15-16,18H,2,8-13H2,1H3,(H,19,20);1H. The highest BCUT2D eigenvalue weighted by molar-refractivity contribution is 5.85. The molecule has 0 unspecified atom stereocenters. The number of carbonyl (C=O) groups is 1. The Kier molecular flexibility index (Phi) is 8.40. The van der Waals surface area contributed by atoms with E-state index in [-0.39, 0.29) is 24.2 Å². The third-order valence-corrected chi connectivity index (χ3v) is 4.22. The van der Waals surface area contributed by atoms with Crippen molar-refractivity contribution in [1.82, 2.24) is 10.6 Å². The monoisotopic (exact) mass is 310 g/mol. The highest BCUT2D eigenvalue weighted by Gasteiger charge is 2.26. The largest absolute Gasteiger partial charge is 0.355 e. The van der Waals surface area contributed by atoms with Gasteiger partial charge in [0.2, 0.25) is 5.91 Å². The number of rotatable bonds is 6. The second kappa shape index (κ2) is 9.80. The van der Waals surface area contributed by atoms with Crippen LogP contribution in [0.25, 0.3) is 0 Å². The molecule has 2 N–H and O–H groups in total. The first-order chi connectivity index (χ1) is 9.81. The number of benzene rings is 1. The number of carbonyl (C=O) groups excluding carboxylic acids is 1. The van der Waals surface area contributed by atoms with Crippen LogP contribution in [0.1, 0.15) is 44.1 Å². The predicted octanol–water partition coefficient (Wildman–Crippen LogP) is 3.11. The van der Waals surface area contributed by atoms with Crippen molar-refractivity contribution >= 4 is 18.3 Å². The smallest absolute Gasteiger partial charge is 0.223 e. The van der Waals surface area contributed by atoms with Gasteiger partial charge in [-0.2, -0.15) is 0 Å². The minimum atomic E-state index is 0. The van der Waals surface area contributed by atoms with Crippen LogP contribution in [0.4, 0.5) is 0 Å². The third kappa shape index (κ3) is 5.68. The van der Waals surface area contributed by atoms with Crippen molar-refractivity contribution in [2.45, 2.75) is 38.5 Å². The third-order valence-electron chi connectivity index (χ3n) is 4.22. The maximum atomic E-state index is 12.1. The highest BCUT2D eigenvalue weighted by atomic mass is 35.5. The summed E-state index contributed by atoms with van der Waals surface area (Å²) < 4.78 is 0. The van der Waals surface area contributed by atoms with Crippen LogP contribution in [-0.2, 0) is 4.79 Å². The Morgan fingerprint density at radius 2 is 1.76 bits per heavy atom. The summed E-state index contributed by atoms with van der Waals surface area (Å²) in [7, 11) is 0. The van der Waals surface area contributed by atoms with Crippen molar-refractivity contribution < 1.29 is 4.79 Å². The van der Waals surface area contributed by atoms with Gasteiger partial charge in [-0.05, 0) is 43.7 Å². The molecule has 1 aromatic rings. The molecule has 1 aliphatic carbocycles. The van der Waals surface area contributed by atoms with E-state index in [9.17, 15) is 4.79 Å².